The Hall–Kier alpha value is -1.50. The smallest absolute Gasteiger partial charge is 0.234 e. The molecule has 0 aliphatic carbocycles. The van der Waals surface area contributed by atoms with Gasteiger partial charge in [0.15, 0.2) is 0 Å². The molecule has 0 bridgehead atoms. The van der Waals surface area contributed by atoms with Crippen molar-refractivity contribution in [2.75, 3.05) is 26.2 Å². The molecule has 6 heteroatoms. The minimum atomic E-state index is -0.273. The second kappa shape index (κ2) is 9.13. The van der Waals surface area contributed by atoms with E-state index in [1.165, 1.54) is 12.1 Å². The lowest BCUT2D eigenvalue weighted by Gasteiger charge is -2.47. The number of rotatable bonds is 6. The monoisotopic (exact) mass is 378 g/mol. The molecule has 5 nitrogen and oxygen atoms in total. The average molecular weight is 378 g/mol. The maximum Gasteiger partial charge on any atom is 0.234 e. The summed E-state index contributed by atoms with van der Waals surface area (Å²) in [6.45, 7) is 4.67. The van der Waals surface area contributed by atoms with Crippen LogP contribution in [0.3, 0.4) is 0 Å². The molecule has 2 heterocycles. The first-order valence-electron chi connectivity index (χ1n) is 10.1. The topological polar surface area (TPSA) is 61.8 Å². The third-order valence-corrected chi connectivity index (χ3v) is 5.80. The summed E-state index contributed by atoms with van der Waals surface area (Å²) in [6, 6.07) is 6.36. The number of nitrogens with one attached hydrogen (secondary N) is 1. The van der Waals surface area contributed by atoms with E-state index in [1.807, 2.05) is 0 Å². The van der Waals surface area contributed by atoms with Crippen molar-refractivity contribution in [3.63, 3.8) is 0 Å². The number of carbonyl (C=O) groups excluding carboxylic acids is 1. The summed E-state index contributed by atoms with van der Waals surface area (Å²) in [4.78, 5) is 14.3. The highest BCUT2D eigenvalue weighted by atomic mass is 19.1. The van der Waals surface area contributed by atoms with E-state index in [1.54, 1.807) is 12.1 Å². The van der Waals surface area contributed by atoms with Gasteiger partial charge in [0, 0.05) is 26.1 Å². The number of piperidine rings is 1. The van der Waals surface area contributed by atoms with Crippen LogP contribution in [-0.2, 0) is 16.0 Å². The Morgan fingerprint density at radius 3 is 2.70 bits per heavy atom. The fourth-order valence-corrected chi connectivity index (χ4v) is 4.21. The summed E-state index contributed by atoms with van der Waals surface area (Å²) < 4.78 is 19.2. The van der Waals surface area contributed by atoms with E-state index in [9.17, 15) is 14.3 Å². The highest BCUT2D eigenvalue weighted by Crippen LogP contribution is 2.38. The van der Waals surface area contributed by atoms with E-state index >= 15 is 0 Å². The first kappa shape index (κ1) is 20.2. The molecule has 0 aromatic heterocycles. The number of amides is 1. The van der Waals surface area contributed by atoms with Crippen LogP contribution in [0.4, 0.5) is 4.39 Å². The first-order valence-corrected chi connectivity index (χ1v) is 10.1. The average Bonchev–Trinajstić information content (AvgIpc) is 2.65. The Kier molecular flexibility index (Phi) is 6.84. The van der Waals surface area contributed by atoms with Crippen molar-refractivity contribution in [2.45, 2.75) is 63.3 Å². The van der Waals surface area contributed by atoms with Gasteiger partial charge in [-0.3, -0.25) is 9.69 Å². The van der Waals surface area contributed by atoms with Crippen molar-refractivity contribution in [3.05, 3.63) is 35.6 Å². The lowest BCUT2D eigenvalue weighted by Crippen LogP contribution is -2.53. The summed E-state index contributed by atoms with van der Waals surface area (Å²) in [5, 5.41) is 13.1. The third-order valence-electron chi connectivity index (χ3n) is 5.80. The van der Waals surface area contributed by atoms with E-state index in [2.05, 4.69) is 17.1 Å². The summed E-state index contributed by atoms with van der Waals surface area (Å²) >= 11 is 0. The quantitative estimate of drug-likeness (QED) is 0.797. The molecule has 2 fully saturated rings. The fourth-order valence-electron chi connectivity index (χ4n) is 4.21. The molecule has 1 spiro atoms. The molecule has 1 amide bonds. The predicted molar refractivity (Wildman–Crippen MR) is 102 cm³/mol. The zero-order valence-corrected chi connectivity index (χ0v) is 16.1. The highest BCUT2D eigenvalue weighted by Gasteiger charge is 2.42. The molecule has 3 rings (SSSR count). The summed E-state index contributed by atoms with van der Waals surface area (Å²) in [7, 11) is 0. The molecule has 150 valence electrons. The van der Waals surface area contributed by atoms with Crippen LogP contribution in [0.2, 0.25) is 0 Å². The molecule has 2 saturated heterocycles. The van der Waals surface area contributed by atoms with Crippen LogP contribution < -0.4 is 5.32 Å². The summed E-state index contributed by atoms with van der Waals surface area (Å²) in [5.74, 6) is -0.227. The van der Waals surface area contributed by atoms with E-state index in [4.69, 9.17) is 4.74 Å². The number of hydrogen-bond acceptors (Lipinski definition) is 4. The second-order valence-electron chi connectivity index (χ2n) is 7.93. The van der Waals surface area contributed by atoms with Crippen LogP contribution in [0.5, 0.6) is 0 Å². The Labute approximate surface area is 160 Å². The molecule has 0 saturated carbocycles. The van der Waals surface area contributed by atoms with Crippen molar-refractivity contribution >= 4 is 5.91 Å². The standard InChI is InChI=1S/C21H31FN2O3/c1-2-19-13-18(25)14-21(27-19)8-11-24(12-9-21)15-20(26)23-10-7-16-3-5-17(22)6-4-16/h3-6,18-19,25H,2,7-15H2,1H3,(H,23,26)/t18-,19+/m1/s1. The van der Waals surface area contributed by atoms with E-state index in [0.29, 0.717) is 25.9 Å². The molecule has 2 atom stereocenters. The van der Waals surface area contributed by atoms with Crippen LogP contribution >= 0.6 is 0 Å². The van der Waals surface area contributed by atoms with Gasteiger partial charge in [-0.1, -0.05) is 19.1 Å². The maximum absolute atomic E-state index is 12.9. The largest absolute Gasteiger partial charge is 0.393 e. The number of hydrogen-bond donors (Lipinski definition) is 2. The van der Waals surface area contributed by atoms with Gasteiger partial charge in [-0.15, -0.1) is 0 Å². The molecule has 0 unspecified atom stereocenters. The zero-order valence-electron chi connectivity index (χ0n) is 16.1. The Morgan fingerprint density at radius 2 is 2.04 bits per heavy atom. The number of carbonyl (C=O) groups is 1. The molecule has 0 radical (unpaired) electrons. The van der Waals surface area contributed by atoms with Gasteiger partial charge in [0.05, 0.1) is 24.4 Å². The minimum absolute atomic E-state index is 0.0177. The van der Waals surface area contributed by atoms with Crippen LogP contribution in [0.25, 0.3) is 0 Å². The number of nitrogens with zero attached hydrogens (tertiary/aromatic N) is 1. The van der Waals surface area contributed by atoms with Crippen LogP contribution in [0.1, 0.15) is 44.6 Å². The van der Waals surface area contributed by atoms with Crippen LogP contribution in [0, 0.1) is 5.82 Å². The van der Waals surface area contributed by atoms with Gasteiger partial charge in [-0.05, 0) is 49.8 Å². The molecule has 1 aromatic carbocycles. The molecule has 2 aliphatic rings. The number of likely N-dealkylation sites (tertiary alicyclic amines) is 1. The van der Waals surface area contributed by atoms with Gasteiger partial charge in [0.1, 0.15) is 5.82 Å². The van der Waals surface area contributed by atoms with E-state index in [0.717, 1.165) is 44.3 Å². The van der Waals surface area contributed by atoms with E-state index in [-0.39, 0.29) is 29.5 Å². The highest BCUT2D eigenvalue weighted by molar-refractivity contribution is 5.78. The number of aliphatic hydroxyl groups excluding tert-OH is 1. The number of halogens is 1. The number of ether oxygens (including phenoxy) is 1. The summed E-state index contributed by atoms with van der Waals surface area (Å²) in [6.07, 6.45) is 4.67. The van der Waals surface area contributed by atoms with Crippen molar-refractivity contribution in [1.29, 1.82) is 0 Å². The zero-order chi connectivity index (χ0) is 19.3. The van der Waals surface area contributed by atoms with Gasteiger partial charge in [-0.25, -0.2) is 4.39 Å². The minimum Gasteiger partial charge on any atom is -0.393 e. The van der Waals surface area contributed by atoms with Crippen molar-refractivity contribution in [1.82, 2.24) is 10.2 Å². The lowest BCUT2D eigenvalue weighted by molar-refractivity contribution is -0.182. The number of benzene rings is 1. The molecule has 2 N–H and O–H groups in total. The second-order valence-corrected chi connectivity index (χ2v) is 7.93. The van der Waals surface area contributed by atoms with E-state index < -0.39 is 0 Å². The maximum atomic E-state index is 12.9. The Balaban J connectivity index is 1.38. The lowest BCUT2D eigenvalue weighted by atomic mass is 9.81. The molecular weight excluding hydrogens is 347 g/mol. The third kappa shape index (κ3) is 5.74. The predicted octanol–water partition coefficient (Wildman–Crippen LogP) is 2.27. The number of aliphatic hydroxyl groups is 1. The van der Waals surface area contributed by atoms with Gasteiger partial charge in [-0.2, -0.15) is 0 Å². The summed E-state index contributed by atoms with van der Waals surface area (Å²) in [5.41, 5.74) is 0.795. The van der Waals surface area contributed by atoms with Crippen molar-refractivity contribution in [2.24, 2.45) is 0 Å². The van der Waals surface area contributed by atoms with Gasteiger partial charge >= 0.3 is 0 Å². The SMILES string of the molecule is CC[C@H]1C[C@@H](O)CC2(CCN(CC(=O)NCCc3ccc(F)cc3)CC2)O1. The van der Waals surface area contributed by atoms with Crippen LogP contribution in [-0.4, -0.2) is 59.9 Å². The van der Waals surface area contributed by atoms with Gasteiger partial charge in [0.25, 0.3) is 0 Å². The van der Waals surface area contributed by atoms with Crippen LogP contribution in [0.15, 0.2) is 24.3 Å². The molecule has 1 aromatic rings. The Bertz CT molecular complexity index is 614. The van der Waals surface area contributed by atoms with Gasteiger partial charge < -0.3 is 15.2 Å². The molecule has 27 heavy (non-hydrogen) atoms. The first-order chi connectivity index (χ1) is 13.0. The normalized spacial score (nSPS) is 25.4. The molecule has 2 aliphatic heterocycles. The van der Waals surface area contributed by atoms with Crippen molar-refractivity contribution in [3.8, 4) is 0 Å². The van der Waals surface area contributed by atoms with Crippen molar-refractivity contribution < 1.29 is 19.0 Å². The fraction of sp³-hybridized carbons (Fsp3) is 0.667. The van der Waals surface area contributed by atoms with Gasteiger partial charge in [0.2, 0.25) is 5.91 Å². The Morgan fingerprint density at radius 1 is 1.33 bits per heavy atom. The molecular formula is C21H31FN2O3.